The Bertz CT molecular complexity index is 1190. The van der Waals surface area contributed by atoms with Gasteiger partial charge in [-0.15, -0.1) is 0 Å². The quantitative estimate of drug-likeness (QED) is 0.660. The summed E-state index contributed by atoms with van der Waals surface area (Å²) in [7, 11) is 1.51. The second-order valence-corrected chi connectivity index (χ2v) is 7.89. The highest BCUT2D eigenvalue weighted by atomic mass is 35.5. The maximum atomic E-state index is 12.8. The van der Waals surface area contributed by atoms with Gasteiger partial charge in [-0.2, -0.15) is 0 Å². The number of amides is 1. The minimum Gasteiger partial charge on any atom is -0.495 e. The van der Waals surface area contributed by atoms with Crippen molar-refractivity contribution in [2.24, 2.45) is 0 Å². The van der Waals surface area contributed by atoms with Crippen LogP contribution in [0.5, 0.6) is 5.75 Å². The lowest BCUT2D eigenvalue weighted by Gasteiger charge is -2.31. The normalized spacial score (nSPS) is 12.9. The first-order chi connectivity index (χ1) is 14.9. The average Bonchev–Trinajstić information content (AvgIpc) is 2.75. The molecule has 0 radical (unpaired) electrons. The van der Waals surface area contributed by atoms with E-state index in [-0.39, 0.29) is 18.0 Å². The molecule has 8 heteroatoms. The first-order valence-corrected chi connectivity index (χ1v) is 10.4. The van der Waals surface area contributed by atoms with E-state index in [0.717, 1.165) is 13.0 Å². The number of hydrogen-bond donors (Lipinski definition) is 1. The number of rotatable bonds is 5. The molecule has 1 N–H and O–H groups in total. The number of benzene rings is 2. The first kappa shape index (κ1) is 20.9. The number of aryl methyl sites for hydroxylation is 1. The molecule has 4 rings (SSSR count). The molecule has 3 aromatic rings. The highest BCUT2D eigenvalue weighted by molar-refractivity contribution is 6.31. The molecule has 2 heterocycles. The Morgan fingerprint density at radius 3 is 2.74 bits per heavy atom. The van der Waals surface area contributed by atoms with Gasteiger partial charge in [-0.05, 0) is 42.7 Å². The summed E-state index contributed by atoms with van der Waals surface area (Å²) in [5, 5.41) is 3.25. The van der Waals surface area contributed by atoms with Crippen molar-refractivity contribution in [2.45, 2.75) is 26.4 Å². The fourth-order valence-electron chi connectivity index (χ4n) is 3.77. The number of carbonyl (C=O) groups is 1. The van der Waals surface area contributed by atoms with Crippen LogP contribution in [0, 0.1) is 6.92 Å². The average molecular weight is 439 g/mol. The van der Waals surface area contributed by atoms with Crippen LogP contribution in [0.1, 0.15) is 16.8 Å². The van der Waals surface area contributed by atoms with Crippen molar-refractivity contribution in [3.8, 4) is 5.75 Å². The summed E-state index contributed by atoms with van der Waals surface area (Å²) in [5.41, 5.74) is 3.29. The Balaban J connectivity index is 1.61. The van der Waals surface area contributed by atoms with Crippen LogP contribution >= 0.6 is 11.6 Å². The molecule has 1 aromatic heterocycles. The van der Waals surface area contributed by atoms with E-state index in [1.165, 1.54) is 28.9 Å². The number of nitrogens with one attached hydrogen (secondary N) is 1. The van der Waals surface area contributed by atoms with Crippen LogP contribution in [-0.4, -0.2) is 29.1 Å². The van der Waals surface area contributed by atoms with Crippen LogP contribution in [0.4, 0.5) is 11.6 Å². The number of anilines is 2. The molecule has 1 amide bonds. The van der Waals surface area contributed by atoms with Gasteiger partial charge in [0.25, 0.3) is 5.56 Å². The van der Waals surface area contributed by atoms with Crippen LogP contribution in [-0.2, 0) is 24.3 Å². The predicted molar refractivity (Wildman–Crippen MR) is 121 cm³/mol. The third kappa shape index (κ3) is 4.56. The van der Waals surface area contributed by atoms with E-state index in [2.05, 4.69) is 22.4 Å². The summed E-state index contributed by atoms with van der Waals surface area (Å²) in [6, 6.07) is 14.6. The van der Waals surface area contributed by atoms with Crippen molar-refractivity contribution in [3.05, 3.63) is 80.7 Å². The summed E-state index contributed by atoms with van der Waals surface area (Å²) in [4.78, 5) is 32.2. The molecule has 0 fully saturated rings. The lowest BCUT2D eigenvalue weighted by Crippen LogP contribution is -2.38. The number of carbonyl (C=O) groups excluding carboxylic acids is 1. The molecule has 1 aliphatic heterocycles. The summed E-state index contributed by atoms with van der Waals surface area (Å²) >= 11 is 6.05. The Morgan fingerprint density at radius 1 is 1.19 bits per heavy atom. The Labute approximate surface area is 185 Å². The Kier molecular flexibility index (Phi) is 5.95. The maximum absolute atomic E-state index is 12.8. The lowest BCUT2D eigenvalue weighted by molar-refractivity contribution is -0.116. The number of methoxy groups -OCH3 is 1. The lowest BCUT2D eigenvalue weighted by atomic mass is 10.0. The molecule has 0 bridgehead atoms. The van der Waals surface area contributed by atoms with Gasteiger partial charge >= 0.3 is 0 Å². The fraction of sp³-hybridized carbons (Fsp3) is 0.261. The molecule has 0 unspecified atom stereocenters. The number of ether oxygens (including phenoxy) is 1. The molecule has 0 saturated heterocycles. The van der Waals surface area contributed by atoms with Gasteiger partial charge in [0.15, 0.2) is 0 Å². The standard InChI is InChI=1S/C23H23ClN4O3/c1-15-11-22(30)28(14-21(29)26-19-12-18(24)7-8-20(19)31-2)23(25-15)27-10-9-16-5-3-4-6-17(16)13-27/h3-8,11-12H,9-10,13-14H2,1-2H3,(H,26,29). The number of halogens is 1. The van der Waals surface area contributed by atoms with E-state index in [1.807, 2.05) is 17.0 Å². The Hall–Kier alpha value is -3.32. The van der Waals surface area contributed by atoms with Gasteiger partial charge in [-0.25, -0.2) is 4.98 Å². The molecule has 31 heavy (non-hydrogen) atoms. The number of nitrogens with zero attached hydrogens (tertiary/aromatic N) is 3. The zero-order valence-corrected chi connectivity index (χ0v) is 18.1. The maximum Gasteiger partial charge on any atom is 0.255 e. The summed E-state index contributed by atoms with van der Waals surface area (Å²) < 4.78 is 6.69. The van der Waals surface area contributed by atoms with Crippen molar-refractivity contribution >= 4 is 29.1 Å². The van der Waals surface area contributed by atoms with E-state index in [9.17, 15) is 9.59 Å². The van der Waals surface area contributed by atoms with Crippen molar-refractivity contribution in [1.82, 2.24) is 9.55 Å². The van der Waals surface area contributed by atoms with E-state index in [4.69, 9.17) is 16.3 Å². The predicted octanol–water partition coefficient (Wildman–Crippen LogP) is 3.42. The van der Waals surface area contributed by atoms with Crippen molar-refractivity contribution in [3.63, 3.8) is 0 Å². The molecule has 2 aromatic carbocycles. The summed E-state index contributed by atoms with van der Waals surface area (Å²) in [6.07, 6.45) is 0.853. The second-order valence-electron chi connectivity index (χ2n) is 7.45. The number of hydrogen-bond acceptors (Lipinski definition) is 5. The number of aromatic nitrogens is 2. The SMILES string of the molecule is COc1ccc(Cl)cc1NC(=O)Cn1c(N2CCc3ccccc3C2)nc(C)cc1=O. The second kappa shape index (κ2) is 8.81. The van der Waals surface area contributed by atoms with Crippen molar-refractivity contribution < 1.29 is 9.53 Å². The molecule has 0 atom stereocenters. The molecular formula is C23H23ClN4O3. The van der Waals surface area contributed by atoms with Crippen LogP contribution in [0.3, 0.4) is 0 Å². The zero-order chi connectivity index (χ0) is 22.0. The highest BCUT2D eigenvalue weighted by Crippen LogP contribution is 2.28. The molecule has 7 nitrogen and oxygen atoms in total. The van der Waals surface area contributed by atoms with Crippen LogP contribution in [0.25, 0.3) is 0 Å². The number of fused-ring (bicyclic) bond motifs is 1. The largest absolute Gasteiger partial charge is 0.495 e. The van der Waals surface area contributed by atoms with Gasteiger partial charge in [-0.1, -0.05) is 35.9 Å². The minimum absolute atomic E-state index is 0.171. The first-order valence-electron chi connectivity index (χ1n) is 9.98. The summed E-state index contributed by atoms with van der Waals surface area (Å²) in [5.74, 6) is 0.611. The van der Waals surface area contributed by atoms with Crippen LogP contribution < -0.4 is 20.5 Å². The molecule has 0 aliphatic carbocycles. The van der Waals surface area contributed by atoms with Gasteiger partial charge < -0.3 is 15.0 Å². The van der Waals surface area contributed by atoms with Gasteiger partial charge in [0.1, 0.15) is 12.3 Å². The van der Waals surface area contributed by atoms with Crippen LogP contribution in [0.15, 0.2) is 53.3 Å². The molecule has 0 saturated carbocycles. The monoisotopic (exact) mass is 438 g/mol. The topological polar surface area (TPSA) is 76.5 Å². The molecular weight excluding hydrogens is 416 g/mol. The van der Waals surface area contributed by atoms with Crippen molar-refractivity contribution in [2.75, 3.05) is 23.9 Å². The third-order valence-electron chi connectivity index (χ3n) is 5.27. The zero-order valence-electron chi connectivity index (χ0n) is 17.4. The van der Waals surface area contributed by atoms with Gasteiger partial charge in [0.2, 0.25) is 11.9 Å². The smallest absolute Gasteiger partial charge is 0.255 e. The van der Waals surface area contributed by atoms with E-state index >= 15 is 0 Å². The molecule has 0 spiro atoms. The summed E-state index contributed by atoms with van der Waals surface area (Å²) in [6.45, 7) is 2.96. The van der Waals surface area contributed by atoms with E-state index < -0.39 is 0 Å². The van der Waals surface area contributed by atoms with E-state index in [1.54, 1.807) is 25.1 Å². The minimum atomic E-state index is -0.369. The molecule has 160 valence electrons. The van der Waals surface area contributed by atoms with Crippen molar-refractivity contribution in [1.29, 1.82) is 0 Å². The fourth-order valence-corrected chi connectivity index (χ4v) is 3.95. The van der Waals surface area contributed by atoms with Gasteiger partial charge in [-0.3, -0.25) is 14.2 Å². The van der Waals surface area contributed by atoms with Gasteiger partial charge in [0.05, 0.1) is 12.8 Å². The third-order valence-corrected chi connectivity index (χ3v) is 5.50. The highest BCUT2D eigenvalue weighted by Gasteiger charge is 2.22. The van der Waals surface area contributed by atoms with Gasteiger partial charge in [0, 0.05) is 29.9 Å². The molecule has 1 aliphatic rings. The Morgan fingerprint density at radius 2 is 1.97 bits per heavy atom. The van der Waals surface area contributed by atoms with E-state index in [0.29, 0.717) is 34.6 Å². The van der Waals surface area contributed by atoms with Crippen LogP contribution in [0.2, 0.25) is 5.02 Å².